The number of benzene rings is 1. The molecule has 51 valence electrons. The lowest BCUT2D eigenvalue weighted by molar-refractivity contribution is 1.46. The van der Waals surface area contributed by atoms with Crippen LogP contribution in [0.3, 0.4) is 0 Å². The van der Waals surface area contributed by atoms with E-state index in [0.29, 0.717) is 4.86 Å². The molecule has 0 bridgehead atoms. The van der Waals surface area contributed by atoms with E-state index >= 15 is 0 Å². The van der Waals surface area contributed by atoms with Crippen molar-refractivity contribution >= 4 is 17.1 Å². The molecule has 0 heterocycles. The quantitative estimate of drug-likeness (QED) is 0.437. The second-order valence-electron chi connectivity index (χ2n) is 2.29. The number of aryl methyl sites for hydroxylation is 1. The molecular weight excluding hydrogens is 140 g/mol. The summed E-state index contributed by atoms with van der Waals surface area (Å²) < 4.78 is 0. The van der Waals surface area contributed by atoms with Gasteiger partial charge in [0.2, 0.25) is 0 Å². The van der Waals surface area contributed by atoms with Gasteiger partial charge in [0.15, 0.2) is 0 Å². The Hall–Kier alpha value is -0.690. The maximum Gasteiger partial charge on any atom is 0.0228 e. The van der Waals surface area contributed by atoms with Crippen LogP contribution >= 0.6 is 12.2 Å². The minimum atomic E-state index is 0.712. The topological polar surface area (TPSA) is 0 Å². The molecule has 1 heteroatoms. The Balaban J connectivity index is 3.07. The highest BCUT2D eigenvalue weighted by Crippen LogP contribution is 2.04. The van der Waals surface area contributed by atoms with Gasteiger partial charge in [-0.15, -0.1) is 0 Å². The second kappa shape index (κ2) is 2.93. The SMILES string of the molecule is [CH2]C(=S)c1cccc(C)c1. The van der Waals surface area contributed by atoms with Crippen LogP contribution in [0.5, 0.6) is 0 Å². The van der Waals surface area contributed by atoms with E-state index in [9.17, 15) is 0 Å². The molecule has 0 aliphatic heterocycles. The van der Waals surface area contributed by atoms with Crippen molar-refractivity contribution in [3.8, 4) is 0 Å². The van der Waals surface area contributed by atoms with Crippen LogP contribution < -0.4 is 0 Å². The van der Waals surface area contributed by atoms with Crippen molar-refractivity contribution < 1.29 is 0 Å². The summed E-state index contributed by atoms with van der Waals surface area (Å²) in [6, 6.07) is 8.04. The third kappa shape index (κ3) is 1.64. The highest BCUT2D eigenvalue weighted by Gasteiger charge is 1.92. The van der Waals surface area contributed by atoms with Crippen LogP contribution in [0.25, 0.3) is 0 Å². The van der Waals surface area contributed by atoms with Gasteiger partial charge in [-0.05, 0) is 19.4 Å². The molecular formula is C9H9S. The third-order valence-corrected chi connectivity index (χ3v) is 1.58. The molecule has 0 fully saturated rings. The Morgan fingerprint density at radius 3 is 2.60 bits per heavy atom. The standard InChI is InChI=1S/C9H9S/c1-7-4-3-5-9(6-7)8(2)10/h3-6H,2H2,1H3. The molecule has 0 amide bonds. The summed E-state index contributed by atoms with van der Waals surface area (Å²) >= 11 is 4.91. The minimum Gasteiger partial charge on any atom is -0.0843 e. The van der Waals surface area contributed by atoms with Gasteiger partial charge in [0, 0.05) is 4.86 Å². The van der Waals surface area contributed by atoms with E-state index < -0.39 is 0 Å². The number of rotatable bonds is 1. The summed E-state index contributed by atoms with van der Waals surface area (Å²) in [6.07, 6.45) is 0. The zero-order valence-electron chi connectivity index (χ0n) is 5.92. The van der Waals surface area contributed by atoms with Gasteiger partial charge in [0.1, 0.15) is 0 Å². The van der Waals surface area contributed by atoms with Crippen LogP contribution in [0.1, 0.15) is 11.1 Å². The fourth-order valence-corrected chi connectivity index (χ4v) is 0.945. The fraction of sp³-hybridized carbons (Fsp3) is 0.111. The van der Waals surface area contributed by atoms with Crippen molar-refractivity contribution in [3.05, 3.63) is 42.3 Å². The molecule has 0 N–H and O–H groups in total. The number of thiocarbonyl (C=S) groups is 1. The zero-order chi connectivity index (χ0) is 7.56. The van der Waals surface area contributed by atoms with Crippen LogP contribution in [0, 0.1) is 13.8 Å². The molecule has 0 atom stereocenters. The van der Waals surface area contributed by atoms with Gasteiger partial charge in [-0.2, -0.15) is 0 Å². The molecule has 0 saturated heterocycles. The summed E-state index contributed by atoms with van der Waals surface area (Å²) in [6.45, 7) is 5.72. The van der Waals surface area contributed by atoms with Crippen molar-refractivity contribution in [1.29, 1.82) is 0 Å². The fourth-order valence-electron chi connectivity index (χ4n) is 0.819. The lowest BCUT2D eigenvalue weighted by atomic mass is 10.1. The van der Waals surface area contributed by atoms with E-state index in [4.69, 9.17) is 12.2 Å². The molecule has 0 unspecified atom stereocenters. The second-order valence-corrected chi connectivity index (χ2v) is 2.79. The van der Waals surface area contributed by atoms with Crippen LogP contribution in [0.4, 0.5) is 0 Å². The van der Waals surface area contributed by atoms with E-state index in [2.05, 4.69) is 6.92 Å². The van der Waals surface area contributed by atoms with Crippen LogP contribution in [-0.2, 0) is 0 Å². The van der Waals surface area contributed by atoms with E-state index in [-0.39, 0.29) is 0 Å². The average Bonchev–Trinajstić information content (AvgIpc) is 1.88. The Bertz CT molecular complexity index is 251. The number of hydrogen-bond donors (Lipinski definition) is 0. The maximum atomic E-state index is 4.91. The zero-order valence-corrected chi connectivity index (χ0v) is 6.74. The van der Waals surface area contributed by atoms with Gasteiger partial charge >= 0.3 is 0 Å². The first kappa shape index (κ1) is 7.42. The van der Waals surface area contributed by atoms with Crippen molar-refractivity contribution in [2.24, 2.45) is 0 Å². The highest BCUT2D eigenvalue weighted by atomic mass is 32.1. The molecule has 0 spiro atoms. The van der Waals surface area contributed by atoms with Gasteiger partial charge in [-0.1, -0.05) is 42.0 Å². The maximum absolute atomic E-state index is 4.91. The molecule has 1 aromatic carbocycles. The first-order valence-corrected chi connectivity index (χ1v) is 3.54. The van der Waals surface area contributed by atoms with Gasteiger partial charge in [0.05, 0.1) is 0 Å². The predicted molar refractivity (Wildman–Crippen MR) is 48.2 cm³/mol. The predicted octanol–water partition coefficient (Wildman–Crippen LogP) is 2.55. The third-order valence-electron chi connectivity index (χ3n) is 1.34. The van der Waals surface area contributed by atoms with Crippen LogP contribution in [-0.4, -0.2) is 4.86 Å². The summed E-state index contributed by atoms with van der Waals surface area (Å²) in [5.41, 5.74) is 2.28. The van der Waals surface area contributed by atoms with E-state index in [0.717, 1.165) is 5.56 Å². The summed E-state index contributed by atoms with van der Waals surface area (Å²) in [5, 5.41) is 0. The van der Waals surface area contributed by atoms with Gasteiger partial charge in [-0.25, -0.2) is 0 Å². The van der Waals surface area contributed by atoms with Crippen molar-refractivity contribution in [2.45, 2.75) is 6.92 Å². The van der Waals surface area contributed by atoms with Crippen molar-refractivity contribution in [3.63, 3.8) is 0 Å². The van der Waals surface area contributed by atoms with Crippen LogP contribution in [0.2, 0.25) is 0 Å². The smallest absolute Gasteiger partial charge is 0.0228 e. The van der Waals surface area contributed by atoms with Gasteiger partial charge in [-0.3, -0.25) is 0 Å². The number of hydrogen-bond acceptors (Lipinski definition) is 1. The molecule has 10 heavy (non-hydrogen) atoms. The van der Waals surface area contributed by atoms with Gasteiger partial charge in [0.25, 0.3) is 0 Å². The van der Waals surface area contributed by atoms with Crippen LogP contribution in [0.15, 0.2) is 24.3 Å². The van der Waals surface area contributed by atoms with E-state index in [1.54, 1.807) is 0 Å². The lowest BCUT2D eigenvalue weighted by Crippen LogP contribution is -1.89. The molecule has 0 saturated carbocycles. The molecule has 0 aliphatic rings. The van der Waals surface area contributed by atoms with E-state index in [1.807, 2.05) is 31.2 Å². The first-order valence-electron chi connectivity index (χ1n) is 3.13. The highest BCUT2D eigenvalue weighted by molar-refractivity contribution is 7.81. The minimum absolute atomic E-state index is 0.712. The molecule has 1 rings (SSSR count). The monoisotopic (exact) mass is 149 g/mol. The Morgan fingerprint density at radius 1 is 1.50 bits per heavy atom. The van der Waals surface area contributed by atoms with Crippen molar-refractivity contribution in [1.82, 2.24) is 0 Å². The summed E-state index contributed by atoms with van der Waals surface area (Å²) in [5.74, 6) is 0. The molecule has 0 nitrogen and oxygen atoms in total. The average molecular weight is 149 g/mol. The Kier molecular flexibility index (Phi) is 2.17. The summed E-state index contributed by atoms with van der Waals surface area (Å²) in [7, 11) is 0. The normalized spacial score (nSPS) is 9.40. The van der Waals surface area contributed by atoms with Crippen molar-refractivity contribution in [2.75, 3.05) is 0 Å². The van der Waals surface area contributed by atoms with E-state index in [1.165, 1.54) is 5.56 Å². The Labute approximate surface area is 66.9 Å². The van der Waals surface area contributed by atoms with Gasteiger partial charge < -0.3 is 0 Å². The Morgan fingerprint density at radius 2 is 2.20 bits per heavy atom. The lowest BCUT2D eigenvalue weighted by Gasteiger charge is -1.97. The molecule has 0 aliphatic carbocycles. The first-order chi connectivity index (χ1) is 4.70. The summed E-state index contributed by atoms with van der Waals surface area (Å²) in [4.78, 5) is 0.712. The molecule has 0 aromatic heterocycles. The molecule has 1 radical (unpaired) electrons. The largest absolute Gasteiger partial charge is 0.0843 e. The molecule has 1 aromatic rings.